The van der Waals surface area contributed by atoms with E-state index < -0.39 is 5.97 Å². The number of rotatable bonds is 5. The summed E-state index contributed by atoms with van der Waals surface area (Å²) in [7, 11) is 0. The van der Waals surface area contributed by atoms with E-state index in [0.29, 0.717) is 16.3 Å². The maximum Gasteiger partial charge on any atom is 0.328 e. The predicted molar refractivity (Wildman–Crippen MR) is 80.6 cm³/mol. The van der Waals surface area contributed by atoms with Gasteiger partial charge in [0.1, 0.15) is 18.1 Å². The Morgan fingerprint density at radius 1 is 1.24 bits per heavy atom. The fraction of sp³-hybridized carbons (Fsp3) is 0.0625. The number of carboxylic acid groups (broad SMARTS) is 1. The minimum Gasteiger partial charge on any atom is -0.508 e. The Morgan fingerprint density at radius 3 is 2.76 bits per heavy atom. The number of phenolic OH excluding ortho intramolecular Hbond substituents is 1. The normalized spacial score (nSPS) is 10.7. The molecule has 0 saturated carbocycles. The second kappa shape index (κ2) is 6.81. The van der Waals surface area contributed by atoms with Gasteiger partial charge in [-0.25, -0.2) is 4.79 Å². The van der Waals surface area contributed by atoms with Crippen molar-refractivity contribution >= 4 is 23.6 Å². The van der Waals surface area contributed by atoms with E-state index in [1.807, 2.05) is 6.07 Å². The van der Waals surface area contributed by atoms with E-state index in [2.05, 4.69) is 0 Å². The van der Waals surface area contributed by atoms with Crippen molar-refractivity contribution in [3.05, 3.63) is 64.7 Å². The summed E-state index contributed by atoms with van der Waals surface area (Å²) in [6.45, 7) is 0.254. The van der Waals surface area contributed by atoms with E-state index in [4.69, 9.17) is 21.4 Å². The van der Waals surface area contributed by atoms with Crippen LogP contribution in [0.3, 0.4) is 0 Å². The zero-order valence-corrected chi connectivity index (χ0v) is 11.7. The van der Waals surface area contributed by atoms with E-state index in [-0.39, 0.29) is 12.4 Å². The van der Waals surface area contributed by atoms with Crippen molar-refractivity contribution in [3.8, 4) is 11.5 Å². The number of hydrogen-bond donors (Lipinski definition) is 2. The average molecular weight is 305 g/mol. The highest BCUT2D eigenvalue weighted by atomic mass is 35.5. The Hall–Kier alpha value is -2.46. The number of halogens is 1. The first-order valence-corrected chi connectivity index (χ1v) is 6.53. The third-order valence-electron chi connectivity index (χ3n) is 2.68. The fourth-order valence-electron chi connectivity index (χ4n) is 1.75. The second-order valence-electron chi connectivity index (χ2n) is 4.31. The van der Waals surface area contributed by atoms with Gasteiger partial charge in [0.25, 0.3) is 0 Å². The lowest BCUT2D eigenvalue weighted by molar-refractivity contribution is -0.131. The van der Waals surface area contributed by atoms with Gasteiger partial charge in [-0.3, -0.25) is 0 Å². The van der Waals surface area contributed by atoms with Crippen molar-refractivity contribution in [2.75, 3.05) is 0 Å². The number of benzene rings is 2. The molecule has 0 unspecified atom stereocenters. The minimum absolute atomic E-state index is 0.165. The SMILES string of the molecule is O=C(O)/C=C/c1cc(Cl)ccc1OCc1cccc(O)c1. The molecule has 21 heavy (non-hydrogen) atoms. The molecule has 5 heteroatoms. The highest BCUT2D eigenvalue weighted by Gasteiger charge is 2.04. The Bertz CT molecular complexity index is 680. The first kappa shape index (κ1) is 14.9. The van der Waals surface area contributed by atoms with Gasteiger partial charge in [0.2, 0.25) is 0 Å². The predicted octanol–water partition coefficient (Wildman–Crippen LogP) is 3.72. The molecule has 0 amide bonds. The van der Waals surface area contributed by atoms with Crippen LogP contribution in [0.1, 0.15) is 11.1 Å². The van der Waals surface area contributed by atoms with Crippen LogP contribution in [0.2, 0.25) is 5.02 Å². The summed E-state index contributed by atoms with van der Waals surface area (Å²) < 4.78 is 5.65. The van der Waals surface area contributed by atoms with E-state index in [1.54, 1.807) is 36.4 Å². The van der Waals surface area contributed by atoms with Crippen molar-refractivity contribution < 1.29 is 19.7 Å². The first-order valence-electron chi connectivity index (χ1n) is 6.16. The highest BCUT2D eigenvalue weighted by Crippen LogP contribution is 2.25. The minimum atomic E-state index is -1.05. The van der Waals surface area contributed by atoms with Crippen LogP contribution in [0, 0.1) is 0 Å². The van der Waals surface area contributed by atoms with Gasteiger partial charge < -0.3 is 14.9 Å². The molecule has 0 heterocycles. The summed E-state index contributed by atoms with van der Waals surface area (Å²) in [6, 6.07) is 11.7. The monoisotopic (exact) mass is 304 g/mol. The van der Waals surface area contributed by atoms with Crippen LogP contribution in [-0.2, 0) is 11.4 Å². The smallest absolute Gasteiger partial charge is 0.328 e. The summed E-state index contributed by atoms with van der Waals surface area (Å²) in [4.78, 5) is 10.6. The lowest BCUT2D eigenvalue weighted by Gasteiger charge is -2.10. The number of carbonyl (C=O) groups is 1. The summed E-state index contributed by atoms with van der Waals surface area (Å²) in [5.74, 6) is -0.368. The molecule has 0 aliphatic heterocycles. The van der Waals surface area contributed by atoms with Gasteiger partial charge in [-0.05, 0) is 42.0 Å². The van der Waals surface area contributed by atoms with Crippen molar-refractivity contribution in [2.45, 2.75) is 6.61 Å². The van der Waals surface area contributed by atoms with Gasteiger partial charge in [-0.2, -0.15) is 0 Å². The maximum absolute atomic E-state index is 10.6. The summed E-state index contributed by atoms with van der Waals surface area (Å²) in [6.07, 6.45) is 2.44. The molecule has 0 aromatic heterocycles. The van der Waals surface area contributed by atoms with Crippen molar-refractivity contribution in [3.63, 3.8) is 0 Å². The maximum atomic E-state index is 10.6. The Kier molecular flexibility index (Phi) is 4.85. The summed E-state index contributed by atoms with van der Waals surface area (Å²) in [5.41, 5.74) is 1.38. The van der Waals surface area contributed by atoms with Crippen LogP contribution in [0.4, 0.5) is 0 Å². The Labute approximate surface area is 126 Å². The van der Waals surface area contributed by atoms with Crippen molar-refractivity contribution in [1.82, 2.24) is 0 Å². The molecule has 0 fully saturated rings. The zero-order chi connectivity index (χ0) is 15.2. The van der Waals surface area contributed by atoms with Crippen LogP contribution < -0.4 is 4.74 Å². The quantitative estimate of drug-likeness (QED) is 0.826. The van der Waals surface area contributed by atoms with E-state index >= 15 is 0 Å². The zero-order valence-electron chi connectivity index (χ0n) is 11.0. The molecule has 0 aliphatic carbocycles. The molecule has 2 aromatic carbocycles. The Balaban J connectivity index is 2.17. The molecule has 2 aromatic rings. The van der Waals surface area contributed by atoms with Gasteiger partial charge in [0, 0.05) is 16.7 Å². The Morgan fingerprint density at radius 2 is 2.05 bits per heavy atom. The molecule has 0 atom stereocenters. The molecule has 0 radical (unpaired) electrons. The molecule has 0 spiro atoms. The fourth-order valence-corrected chi connectivity index (χ4v) is 1.93. The van der Waals surface area contributed by atoms with Gasteiger partial charge in [-0.1, -0.05) is 23.7 Å². The van der Waals surface area contributed by atoms with E-state index in [1.165, 1.54) is 6.08 Å². The lowest BCUT2D eigenvalue weighted by Crippen LogP contribution is -1.97. The highest BCUT2D eigenvalue weighted by molar-refractivity contribution is 6.30. The first-order chi connectivity index (χ1) is 10.0. The lowest BCUT2D eigenvalue weighted by atomic mass is 10.2. The van der Waals surface area contributed by atoms with Crippen molar-refractivity contribution in [1.29, 1.82) is 0 Å². The largest absolute Gasteiger partial charge is 0.508 e. The molecule has 4 nitrogen and oxygen atoms in total. The molecular formula is C16H13ClO4. The van der Waals surface area contributed by atoms with Crippen LogP contribution in [-0.4, -0.2) is 16.2 Å². The topological polar surface area (TPSA) is 66.8 Å². The molecule has 2 rings (SSSR count). The second-order valence-corrected chi connectivity index (χ2v) is 4.75. The van der Waals surface area contributed by atoms with Crippen LogP contribution in [0.5, 0.6) is 11.5 Å². The average Bonchev–Trinajstić information content (AvgIpc) is 2.44. The molecular weight excluding hydrogens is 292 g/mol. The van der Waals surface area contributed by atoms with Gasteiger partial charge in [0.05, 0.1) is 0 Å². The third kappa shape index (κ3) is 4.54. The van der Waals surface area contributed by atoms with Crippen LogP contribution in [0.25, 0.3) is 6.08 Å². The molecule has 0 aliphatic rings. The third-order valence-corrected chi connectivity index (χ3v) is 2.92. The molecule has 2 N–H and O–H groups in total. The van der Waals surface area contributed by atoms with E-state index in [9.17, 15) is 9.90 Å². The van der Waals surface area contributed by atoms with Crippen LogP contribution in [0.15, 0.2) is 48.5 Å². The number of phenols is 1. The number of carboxylic acids is 1. The molecule has 0 saturated heterocycles. The number of aromatic hydroxyl groups is 1. The van der Waals surface area contributed by atoms with Crippen LogP contribution >= 0.6 is 11.6 Å². The van der Waals surface area contributed by atoms with Crippen molar-refractivity contribution in [2.24, 2.45) is 0 Å². The van der Waals surface area contributed by atoms with E-state index in [0.717, 1.165) is 11.6 Å². The number of aliphatic carboxylic acids is 1. The standard InChI is InChI=1S/C16H13ClO4/c17-13-5-6-15(12(9-13)4-7-16(19)20)21-10-11-2-1-3-14(18)8-11/h1-9,18H,10H2,(H,19,20)/b7-4+. The molecule has 108 valence electrons. The van der Waals surface area contributed by atoms with Gasteiger partial charge in [-0.15, -0.1) is 0 Å². The molecule has 0 bridgehead atoms. The van der Waals surface area contributed by atoms with Gasteiger partial charge in [0.15, 0.2) is 0 Å². The van der Waals surface area contributed by atoms with Gasteiger partial charge >= 0.3 is 5.97 Å². The number of hydrogen-bond acceptors (Lipinski definition) is 3. The summed E-state index contributed by atoms with van der Waals surface area (Å²) in [5, 5.41) is 18.6. The number of ether oxygens (including phenoxy) is 1. The summed E-state index contributed by atoms with van der Waals surface area (Å²) >= 11 is 5.90.